The Bertz CT molecular complexity index is 1050. The summed E-state index contributed by atoms with van der Waals surface area (Å²) < 4.78 is 6.07. The standard InChI is InChI=1S/C37H58N4O4/c1-2-3-4-5-6-7-8-9-10-11-12-13-14-18-33(42)45-31(27-39-22-24-40(25-23-39)32-17-15-16-21-38-32)28-41-36(43)34-29-19-20-30(26-29)35(34)37(41)44/h15-17,21,29-31,34-35H,2-14,18-20,22-28H2,1H3. The smallest absolute Gasteiger partial charge is 0.306 e. The average Bonchev–Trinajstić information content (AvgIpc) is 3.74. The van der Waals surface area contributed by atoms with Gasteiger partial charge in [0, 0.05) is 45.3 Å². The fourth-order valence-corrected chi connectivity index (χ4v) is 8.51. The first kappa shape index (κ1) is 33.9. The summed E-state index contributed by atoms with van der Waals surface area (Å²) >= 11 is 0. The summed E-state index contributed by atoms with van der Waals surface area (Å²) in [5, 5.41) is 0. The van der Waals surface area contributed by atoms with Crippen LogP contribution in [-0.4, -0.2) is 77.9 Å². The molecule has 1 aromatic heterocycles. The molecule has 1 aromatic rings. The molecular weight excluding hydrogens is 564 g/mol. The lowest BCUT2D eigenvalue weighted by Gasteiger charge is -2.37. The van der Waals surface area contributed by atoms with E-state index in [2.05, 4.69) is 21.7 Å². The molecule has 0 N–H and O–H groups in total. The molecule has 0 radical (unpaired) electrons. The first-order valence-electron chi connectivity index (χ1n) is 18.5. The van der Waals surface area contributed by atoms with Gasteiger partial charge in [-0.05, 0) is 49.7 Å². The highest BCUT2D eigenvalue weighted by molar-refractivity contribution is 6.06. The minimum atomic E-state index is -0.495. The molecule has 0 spiro atoms. The van der Waals surface area contributed by atoms with Crippen LogP contribution in [0.25, 0.3) is 0 Å². The molecule has 3 heterocycles. The van der Waals surface area contributed by atoms with Crippen molar-refractivity contribution in [1.82, 2.24) is 14.8 Å². The number of hydrogen-bond acceptors (Lipinski definition) is 7. The quantitative estimate of drug-likeness (QED) is 0.0917. The number of anilines is 1. The Kier molecular flexibility index (Phi) is 13.1. The summed E-state index contributed by atoms with van der Waals surface area (Å²) in [5.41, 5.74) is 0. The molecule has 2 amide bonds. The summed E-state index contributed by atoms with van der Waals surface area (Å²) in [7, 11) is 0. The van der Waals surface area contributed by atoms with Crippen molar-refractivity contribution in [3.8, 4) is 0 Å². The Morgan fingerprint density at radius 3 is 1.93 bits per heavy atom. The molecule has 5 unspecified atom stereocenters. The van der Waals surface area contributed by atoms with Crippen LogP contribution in [0.2, 0.25) is 0 Å². The largest absolute Gasteiger partial charge is 0.459 e. The van der Waals surface area contributed by atoms with E-state index < -0.39 is 6.10 Å². The van der Waals surface area contributed by atoms with Gasteiger partial charge in [0.1, 0.15) is 11.9 Å². The molecule has 5 rings (SSSR count). The Labute approximate surface area is 271 Å². The van der Waals surface area contributed by atoms with Crippen molar-refractivity contribution in [1.29, 1.82) is 0 Å². The van der Waals surface area contributed by atoms with E-state index in [1.807, 2.05) is 24.4 Å². The first-order chi connectivity index (χ1) is 22.0. The second kappa shape index (κ2) is 17.4. The fourth-order valence-electron chi connectivity index (χ4n) is 8.51. The van der Waals surface area contributed by atoms with Gasteiger partial charge < -0.3 is 9.64 Å². The van der Waals surface area contributed by atoms with E-state index in [0.29, 0.717) is 24.8 Å². The third-order valence-corrected chi connectivity index (χ3v) is 11.0. The summed E-state index contributed by atoms with van der Waals surface area (Å²) in [6.45, 7) is 6.32. The fraction of sp³-hybridized carbons (Fsp3) is 0.784. The number of likely N-dealkylation sites (tertiary alicyclic amines) is 1. The Morgan fingerprint density at radius 1 is 0.800 bits per heavy atom. The molecule has 0 aromatic carbocycles. The zero-order valence-electron chi connectivity index (χ0n) is 27.9. The van der Waals surface area contributed by atoms with E-state index in [0.717, 1.165) is 70.5 Å². The van der Waals surface area contributed by atoms with Gasteiger partial charge in [-0.3, -0.25) is 24.2 Å². The maximum Gasteiger partial charge on any atom is 0.306 e. The lowest BCUT2D eigenvalue weighted by molar-refractivity contribution is -0.155. The SMILES string of the molecule is CCCCCCCCCCCCCCCC(=O)OC(CN1CCN(c2ccccn2)CC1)CN1C(=O)C2C3CCC(C3)C2C1=O. The van der Waals surface area contributed by atoms with E-state index in [-0.39, 0.29) is 36.2 Å². The highest BCUT2D eigenvalue weighted by atomic mass is 16.5. The van der Waals surface area contributed by atoms with Gasteiger partial charge >= 0.3 is 5.97 Å². The van der Waals surface area contributed by atoms with Crippen LogP contribution in [0.4, 0.5) is 5.82 Å². The molecule has 2 aliphatic heterocycles. The molecule has 2 aliphatic carbocycles. The average molecular weight is 623 g/mol. The number of pyridine rings is 1. The molecule has 5 atom stereocenters. The number of carbonyl (C=O) groups excluding carboxylic acids is 3. The van der Waals surface area contributed by atoms with Gasteiger partial charge in [-0.15, -0.1) is 0 Å². The number of fused-ring (bicyclic) bond motifs is 5. The number of unbranched alkanes of at least 4 members (excludes halogenated alkanes) is 12. The maximum absolute atomic E-state index is 13.4. The van der Waals surface area contributed by atoms with Crippen molar-refractivity contribution in [2.24, 2.45) is 23.7 Å². The number of nitrogens with zero attached hydrogens (tertiary/aromatic N) is 4. The summed E-state index contributed by atoms with van der Waals surface area (Å²) in [6.07, 6.45) is 21.3. The van der Waals surface area contributed by atoms with Gasteiger partial charge in [-0.25, -0.2) is 4.98 Å². The van der Waals surface area contributed by atoms with Gasteiger partial charge in [0.05, 0.1) is 18.4 Å². The number of rotatable bonds is 20. The molecule has 250 valence electrons. The Balaban J connectivity index is 1.04. The number of piperazine rings is 1. The maximum atomic E-state index is 13.4. The second-order valence-corrected chi connectivity index (χ2v) is 14.3. The van der Waals surface area contributed by atoms with E-state index in [4.69, 9.17) is 4.74 Å². The van der Waals surface area contributed by atoms with Gasteiger partial charge in [0.15, 0.2) is 0 Å². The number of imide groups is 1. The molecule has 45 heavy (non-hydrogen) atoms. The minimum absolute atomic E-state index is 0.0188. The zero-order chi connectivity index (χ0) is 31.4. The Hall–Kier alpha value is -2.48. The summed E-state index contributed by atoms with van der Waals surface area (Å²) in [6, 6.07) is 5.97. The molecule has 8 nitrogen and oxygen atoms in total. The van der Waals surface area contributed by atoms with Crippen molar-refractivity contribution < 1.29 is 19.1 Å². The number of esters is 1. The van der Waals surface area contributed by atoms with E-state index in [9.17, 15) is 14.4 Å². The molecule has 4 aliphatic rings. The van der Waals surface area contributed by atoms with Crippen LogP contribution in [0.15, 0.2) is 24.4 Å². The number of hydrogen-bond donors (Lipinski definition) is 0. The van der Waals surface area contributed by atoms with Gasteiger partial charge in [0.2, 0.25) is 11.8 Å². The zero-order valence-corrected chi connectivity index (χ0v) is 27.9. The van der Waals surface area contributed by atoms with Crippen molar-refractivity contribution >= 4 is 23.6 Å². The number of carbonyl (C=O) groups is 3. The third-order valence-electron chi connectivity index (χ3n) is 11.0. The number of amides is 2. The van der Waals surface area contributed by atoms with Crippen molar-refractivity contribution in [2.45, 2.75) is 122 Å². The van der Waals surface area contributed by atoms with E-state index >= 15 is 0 Å². The monoisotopic (exact) mass is 622 g/mol. The second-order valence-electron chi connectivity index (χ2n) is 14.3. The molecule has 2 saturated heterocycles. The number of ether oxygens (including phenoxy) is 1. The van der Waals surface area contributed by atoms with Crippen molar-refractivity contribution in [2.75, 3.05) is 44.2 Å². The molecule has 2 saturated carbocycles. The van der Waals surface area contributed by atoms with Crippen LogP contribution in [0.3, 0.4) is 0 Å². The predicted octanol–water partition coefficient (Wildman–Crippen LogP) is 6.63. The van der Waals surface area contributed by atoms with Gasteiger partial charge in [0.25, 0.3) is 0 Å². The Morgan fingerprint density at radius 2 is 1.38 bits per heavy atom. The van der Waals surface area contributed by atoms with Gasteiger partial charge in [-0.2, -0.15) is 0 Å². The normalized spacial score (nSPS) is 25.3. The number of aromatic nitrogens is 1. The lowest BCUT2D eigenvalue weighted by Crippen LogP contribution is -2.51. The topological polar surface area (TPSA) is 83.1 Å². The van der Waals surface area contributed by atoms with Crippen LogP contribution in [0.5, 0.6) is 0 Å². The van der Waals surface area contributed by atoms with Gasteiger partial charge in [-0.1, -0.05) is 90.0 Å². The molecule has 2 bridgehead atoms. The highest BCUT2D eigenvalue weighted by Crippen LogP contribution is 2.56. The van der Waals surface area contributed by atoms with Crippen LogP contribution >= 0.6 is 0 Å². The molecule has 8 heteroatoms. The van der Waals surface area contributed by atoms with Crippen molar-refractivity contribution in [3.63, 3.8) is 0 Å². The molecule has 4 fully saturated rings. The highest BCUT2D eigenvalue weighted by Gasteiger charge is 2.61. The first-order valence-corrected chi connectivity index (χ1v) is 18.5. The molecular formula is C37H58N4O4. The summed E-state index contributed by atoms with van der Waals surface area (Å²) in [4.78, 5) is 50.5. The van der Waals surface area contributed by atoms with E-state index in [1.54, 1.807) is 0 Å². The van der Waals surface area contributed by atoms with Crippen molar-refractivity contribution in [3.05, 3.63) is 24.4 Å². The summed E-state index contributed by atoms with van der Waals surface area (Å²) in [5.74, 6) is 1.18. The van der Waals surface area contributed by atoms with Crippen LogP contribution in [0.1, 0.15) is 116 Å². The minimum Gasteiger partial charge on any atom is -0.459 e. The van der Waals surface area contributed by atoms with E-state index in [1.165, 1.54) is 69.1 Å². The van der Waals surface area contributed by atoms with Crippen LogP contribution < -0.4 is 4.90 Å². The lowest BCUT2D eigenvalue weighted by atomic mass is 9.81. The third kappa shape index (κ3) is 9.30. The van der Waals surface area contributed by atoms with Crippen LogP contribution in [-0.2, 0) is 19.1 Å². The predicted molar refractivity (Wildman–Crippen MR) is 178 cm³/mol. The van der Waals surface area contributed by atoms with Crippen LogP contribution in [0, 0.1) is 23.7 Å².